The molecule has 94 valence electrons. The van der Waals surface area contributed by atoms with Gasteiger partial charge in [0.2, 0.25) is 5.91 Å². The van der Waals surface area contributed by atoms with Gasteiger partial charge < -0.3 is 9.64 Å². The predicted octanol–water partition coefficient (Wildman–Crippen LogP) is 2.01. The Balaban J connectivity index is 1.97. The standard InChI is InChI=1S/C13H12ClNO3/c14-9-3-1-2-4-10(9)15-7-5-13(11(15)16)6-8-18-12(13)17/h1-4H,5-8H2. The molecule has 5 heteroatoms. The smallest absolute Gasteiger partial charge is 0.321 e. The van der Waals surface area contributed by atoms with Crippen molar-refractivity contribution in [2.24, 2.45) is 5.41 Å². The number of halogens is 1. The van der Waals surface area contributed by atoms with Crippen molar-refractivity contribution in [2.75, 3.05) is 18.1 Å². The SMILES string of the molecule is O=C1OCCC12CCN(c1ccccc1Cl)C2=O. The number of carbonyl (C=O) groups is 2. The number of anilines is 1. The van der Waals surface area contributed by atoms with Crippen LogP contribution in [0.1, 0.15) is 12.8 Å². The molecule has 1 unspecified atom stereocenters. The van der Waals surface area contributed by atoms with E-state index in [4.69, 9.17) is 16.3 Å². The zero-order valence-electron chi connectivity index (χ0n) is 9.69. The van der Waals surface area contributed by atoms with E-state index in [0.717, 1.165) is 0 Å². The maximum atomic E-state index is 12.5. The third-order valence-electron chi connectivity index (χ3n) is 3.71. The molecular weight excluding hydrogens is 254 g/mol. The highest BCUT2D eigenvalue weighted by Crippen LogP contribution is 2.43. The molecule has 1 spiro atoms. The summed E-state index contributed by atoms with van der Waals surface area (Å²) in [5, 5.41) is 0.522. The molecule has 1 aromatic carbocycles. The van der Waals surface area contributed by atoms with Gasteiger partial charge in [-0.05, 0) is 18.6 Å². The van der Waals surface area contributed by atoms with Crippen LogP contribution >= 0.6 is 11.6 Å². The monoisotopic (exact) mass is 265 g/mol. The highest BCUT2D eigenvalue weighted by molar-refractivity contribution is 6.34. The molecule has 0 aromatic heterocycles. The Bertz CT molecular complexity index is 531. The van der Waals surface area contributed by atoms with Gasteiger partial charge in [-0.25, -0.2) is 0 Å². The topological polar surface area (TPSA) is 46.6 Å². The fourth-order valence-electron chi connectivity index (χ4n) is 2.65. The van der Waals surface area contributed by atoms with Crippen LogP contribution in [0.5, 0.6) is 0 Å². The summed E-state index contributed by atoms with van der Waals surface area (Å²) >= 11 is 6.09. The van der Waals surface area contributed by atoms with E-state index in [9.17, 15) is 9.59 Å². The number of ether oxygens (including phenoxy) is 1. The van der Waals surface area contributed by atoms with Gasteiger partial charge in [-0.15, -0.1) is 0 Å². The molecule has 3 rings (SSSR count). The highest BCUT2D eigenvalue weighted by Gasteiger charge is 2.57. The average Bonchev–Trinajstić information content (AvgIpc) is 2.88. The van der Waals surface area contributed by atoms with E-state index in [2.05, 4.69) is 0 Å². The van der Waals surface area contributed by atoms with Gasteiger partial charge >= 0.3 is 5.97 Å². The second-order valence-electron chi connectivity index (χ2n) is 4.63. The summed E-state index contributed by atoms with van der Waals surface area (Å²) in [4.78, 5) is 25.8. The first-order valence-electron chi connectivity index (χ1n) is 5.89. The van der Waals surface area contributed by atoms with E-state index in [-0.39, 0.29) is 11.9 Å². The Labute approximate surface area is 109 Å². The van der Waals surface area contributed by atoms with Crippen LogP contribution in [-0.4, -0.2) is 25.0 Å². The maximum Gasteiger partial charge on any atom is 0.321 e. The fourth-order valence-corrected chi connectivity index (χ4v) is 2.89. The molecule has 0 N–H and O–H groups in total. The number of amides is 1. The van der Waals surface area contributed by atoms with E-state index < -0.39 is 5.41 Å². The van der Waals surface area contributed by atoms with Crippen LogP contribution in [0.4, 0.5) is 5.69 Å². The van der Waals surface area contributed by atoms with Crippen LogP contribution in [0, 0.1) is 5.41 Å². The molecule has 2 fully saturated rings. The van der Waals surface area contributed by atoms with E-state index >= 15 is 0 Å². The van der Waals surface area contributed by atoms with Crippen LogP contribution in [0.3, 0.4) is 0 Å². The van der Waals surface area contributed by atoms with Crippen molar-refractivity contribution in [2.45, 2.75) is 12.8 Å². The number of hydrogen-bond acceptors (Lipinski definition) is 3. The Hall–Kier alpha value is -1.55. The first-order chi connectivity index (χ1) is 8.65. The lowest BCUT2D eigenvalue weighted by molar-refractivity contribution is -0.149. The molecule has 1 aromatic rings. The average molecular weight is 266 g/mol. The molecule has 2 aliphatic rings. The molecule has 0 saturated carbocycles. The van der Waals surface area contributed by atoms with E-state index in [0.29, 0.717) is 36.7 Å². The number of para-hydroxylation sites is 1. The van der Waals surface area contributed by atoms with Crippen LogP contribution in [0.15, 0.2) is 24.3 Å². The van der Waals surface area contributed by atoms with E-state index in [1.807, 2.05) is 12.1 Å². The lowest BCUT2D eigenvalue weighted by atomic mass is 9.85. The number of carbonyl (C=O) groups excluding carboxylic acids is 2. The van der Waals surface area contributed by atoms with Crippen molar-refractivity contribution in [1.29, 1.82) is 0 Å². The number of esters is 1. The van der Waals surface area contributed by atoms with Crippen LogP contribution in [0.2, 0.25) is 5.02 Å². The molecule has 1 atom stereocenters. The Kier molecular flexibility index (Phi) is 2.55. The molecule has 1 amide bonds. The number of hydrogen-bond donors (Lipinski definition) is 0. The van der Waals surface area contributed by atoms with Gasteiger partial charge in [-0.1, -0.05) is 23.7 Å². The van der Waals surface area contributed by atoms with Crippen molar-refractivity contribution >= 4 is 29.2 Å². The van der Waals surface area contributed by atoms with Gasteiger partial charge in [-0.3, -0.25) is 9.59 Å². The quantitative estimate of drug-likeness (QED) is 0.576. The molecule has 0 aliphatic carbocycles. The second-order valence-corrected chi connectivity index (χ2v) is 5.03. The number of nitrogens with zero attached hydrogens (tertiary/aromatic N) is 1. The molecule has 18 heavy (non-hydrogen) atoms. The third-order valence-corrected chi connectivity index (χ3v) is 4.03. The largest absolute Gasteiger partial charge is 0.465 e. The summed E-state index contributed by atoms with van der Waals surface area (Å²) in [6, 6.07) is 7.17. The normalized spacial score (nSPS) is 27.1. The summed E-state index contributed by atoms with van der Waals surface area (Å²) in [5.74, 6) is -0.569. The minimum Gasteiger partial charge on any atom is -0.465 e. The highest BCUT2D eigenvalue weighted by atomic mass is 35.5. The van der Waals surface area contributed by atoms with Crippen molar-refractivity contribution in [3.63, 3.8) is 0 Å². The summed E-state index contributed by atoms with van der Waals surface area (Å²) in [6.45, 7) is 0.846. The van der Waals surface area contributed by atoms with Crippen molar-refractivity contribution in [3.05, 3.63) is 29.3 Å². The minimum atomic E-state index is -0.959. The summed E-state index contributed by atoms with van der Waals surface area (Å²) in [5.41, 5.74) is -0.292. The molecule has 0 bridgehead atoms. The lowest BCUT2D eigenvalue weighted by Gasteiger charge is -2.20. The van der Waals surface area contributed by atoms with E-state index in [1.165, 1.54) is 0 Å². The first-order valence-corrected chi connectivity index (χ1v) is 6.27. The molecular formula is C13H12ClNO3. The number of cyclic esters (lactones) is 1. The number of benzene rings is 1. The molecule has 2 heterocycles. The summed E-state index contributed by atoms with van der Waals surface area (Å²) in [7, 11) is 0. The van der Waals surface area contributed by atoms with Gasteiger partial charge in [0.05, 0.1) is 17.3 Å². The Morgan fingerprint density at radius 1 is 1.22 bits per heavy atom. The first kappa shape index (κ1) is 11.5. The van der Waals surface area contributed by atoms with Crippen molar-refractivity contribution in [1.82, 2.24) is 0 Å². The molecule has 0 radical (unpaired) electrons. The van der Waals surface area contributed by atoms with Gasteiger partial charge in [0.15, 0.2) is 5.41 Å². The molecule has 4 nitrogen and oxygen atoms in total. The third kappa shape index (κ3) is 1.45. The van der Waals surface area contributed by atoms with Gasteiger partial charge in [0.1, 0.15) is 0 Å². The maximum absolute atomic E-state index is 12.5. The Morgan fingerprint density at radius 3 is 2.67 bits per heavy atom. The molecule has 2 aliphatic heterocycles. The fraction of sp³-hybridized carbons (Fsp3) is 0.385. The minimum absolute atomic E-state index is 0.182. The van der Waals surface area contributed by atoms with Gasteiger partial charge in [0, 0.05) is 13.0 Å². The van der Waals surface area contributed by atoms with Crippen molar-refractivity contribution < 1.29 is 14.3 Å². The molecule has 2 saturated heterocycles. The number of rotatable bonds is 1. The summed E-state index contributed by atoms with van der Waals surface area (Å²) in [6.07, 6.45) is 0.988. The van der Waals surface area contributed by atoms with Gasteiger partial charge in [-0.2, -0.15) is 0 Å². The van der Waals surface area contributed by atoms with Crippen LogP contribution < -0.4 is 4.90 Å². The van der Waals surface area contributed by atoms with Gasteiger partial charge in [0.25, 0.3) is 0 Å². The van der Waals surface area contributed by atoms with Crippen LogP contribution in [0.25, 0.3) is 0 Å². The zero-order valence-corrected chi connectivity index (χ0v) is 10.4. The van der Waals surface area contributed by atoms with Crippen molar-refractivity contribution in [3.8, 4) is 0 Å². The van der Waals surface area contributed by atoms with E-state index in [1.54, 1.807) is 17.0 Å². The zero-order chi connectivity index (χ0) is 12.8. The second kappa shape index (κ2) is 3.99. The lowest BCUT2D eigenvalue weighted by Crippen LogP contribution is -2.37. The van der Waals surface area contributed by atoms with Crippen LogP contribution in [-0.2, 0) is 14.3 Å². The Morgan fingerprint density at radius 2 is 2.00 bits per heavy atom. The summed E-state index contributed by atoms with van der Waals surface area (Å²) < 4.78 is 4.96. The predicted molar refractivity (Wildman–Crippen MR) is 66.4 cm³/mol.